The largest absolute Gasteiger partial charge is 0.330 e. The zero-order valence-electron chi connectivity index (χ0n) is 12.6. The number of rotatable bonds is 3. The van der Waals surface area contributed by atoms with Crippen LogP contribution in [0.2, 0.25) is 0 Å². The van der Waals surface area contributed by atoms with Crippen LogP contribution in [-0.4, -0.2) is 78.6 Å². The van der Waals surface area contributed by atoms with Crippen LogP contribution >= 0.6 is 23.1 Å². The fourth-order valence-corrected chi connectivity index (χ4v) is 6.51. The van der Waals surface area contributed by atoms with Crippen LogP contribution < -0.4 is 0 Å². The van der Waals surface area contributed by atoms with Gasteiger partial charge in [-0.2, -0.15) is 0 Å². The summed E-state index contributed by atoms with van der Waals surface area (Å²) in [6, 6.07) is -0.322. The number of hydrogen-bond donors (Lipinski definition) is 0. The second kappa shape index (κ2) is 6.10. The van der Waals surface area contributed by atoms with E-state index in [0.717, 1.165) is 17.4 Å². The van der Waals surface area contributed by atoms with Crippen LogP contribution in [0.5, 0.6) is 0 Å². The minimum absolute atomic E-state index is 0.0689. The van der Waals surface area contributed by atoms with Crippen molar-refractivity contribution in [1.82, 2.24) is 14.8 Å². The van der Waals surface area contributed by atoms with Gasteiger partial charge in [-0.05, 0) is 12.8 Å². The van der Waals surface area contributed by atoms with Gasteiger partial charge >= 0.3 is 0 Å². The number of hydrogen-bond acceptors (Lipinski definition) is 7. The van der Waals surface area contributed by atoms with Crippen molar-refractivity contribution in [1.29, 1.82) is 0 Å². The maximum absolute atomic E-state index is 12.7. The van der Waals surface area contributed by atoms with Crippen LogP contribution in [0.3, 0.4) is 0 Å². The maximum Gasteiger partial charge on any atom is 0.273 e. The second-order valence-corrected chi connectivity index (χ2v) is 9.61. The Morgan fingerprint density at radius 2 is 2.14 bits per heavy atom. The molecule has 2 aliphatic heterocycles. The highest BCUT2D eigenvalue weighted by Gasteiger charge is 2.47. The van der Waals surface area contributed by atoms with Gasteiger partial charge < -0.3 is 4.90 Å². The molecule has 1 amide bonds. The molecule has 0 saturated carbocycles. The van der Waals surface area contributed by atoms with E-state index in [1.54, 1.807) is 10.3 Å². The predicted molar refractivity (Wildman–Crippen MR) is 88.4 cm³/mol. The zero-order valence-corrected chi connectivity index (χ0v) is 15.0. The van der Waals surface area contributed by atoms with Crippen LogP contribution in [0.15, 0.2) is 9.72 Å². The van der Waals surface area contributed by atoms with E-state index in [2.05, 4.69) is 9.88 Å². The van der Waals surface area contributed by atoms with Crippen LogP contribution in [0.4, 0.5) is 0 Å². The van der Waals surface area contributed by atoms with E-state index in [9.17, 15) is 13.2 Å². The van der Waals surface area contributed by atoms with Gasteiger partial charge in [0, 0.05) is 24.5 Å². The van der Waals surface area contributed by atoms with Gasteiger partial charge in [0.15, 0.2) is 9.84 Å². The average Bonchev–Trinajstić information content (AvgIpc) is 3.08. The third-order valence-electron chi connectivity index (χ3n) is 4.33. The summed E-state index contributed by atoms with van der Waals surface area (Å²) in [5.41, 5.74) is 0.433. The first-order valence-electron chi connectivity index (χ1n) is 7.20. The average molecular weight is 362 g/mol. The van der Waals surface area contributed by atoms with Crippen molar-refractivity contribution in [3.05, 3.63) is 11.1 Å². The third kappa shape index (κ3) is 2.91. The number of thiazole rings is 1. The summed E-state index contributed by atoms with van der Waals surface area (Å²) >= 11 is 2.96. The lowest BCUT2D eigenvalue weighted by Crippen LogP contribution is -2.60. The zero-order chi connectivity index (χ0) is 15.9. The summed E-state index contributed by atoms with van der Waals surface area (Å²) in [5, 5.41) is 1.76. The number of likely N-dealkylation sites (N-methyl/N-ethyl adjacent to an activating group) is 1. The number of amides is 1. The Hall–Kier alpha value is -0.640. The second-order valence-electron chi connectivity index (χ2n) is 5.54. The van der Waals surface area contributed by atoms with E-state index < -0.39 is 9.84 Å². The van der Waals surface area contributed by atoms with Crippen LogP contribution in [-0.2, 0) is 9.84 Å². The molecule has 22 heavy (non-hydrogen) atoms. The molecule has 0 bridgehead atoms. The molecule has 0 aliphatic carbocycles. The van der Waals surface area contributed by atoms with Crippen molar-refractivity contribution in [2.45, 2.75) is 23.3 Å². The minimum Gasteiger partial charge on any atom is -0.330 e. The van der Waals surface area contributed by atoms with Crippen molar-refractivity contribution in [3.63, 3.8) is 0 Å². The molecule has 3 heterocycles. The maximum atomic E-state index is 12.7. The fourth-order valence-electron chi connectivity index (χ4n) is 3.27. The van der Waals surface area contributed by atoms with Crippen molar-refractivity contribution in [2.75, 3.05) is 37.4 Å². The SMILES string of the molecule is CCN1CCN(C(=O)c2csc(SC)n2)C2CS(=O)(=O)CC21. The molecule has 0 radical (unpaired) electrons. The number of thioether (sulfide) groups is 1. The molecule has 3 rings (SSSR count). The monoisotopic (exact) mass is 361 g/mol. The van der Waals surface area contributed by atoms with Crippen molar-refractivity contribution >= 4 is 38.8 Å². The summed E-state index contributed by atoms with van der Waals surface area (Å²) < 4.78 is 24.9. The molecule has 1 aromatic heterocycles. The standard InChI is InChI=1S/C13H19N3O3S3/c1-3-15-4-5-16(11-8-22(18,19)7-10(11)15)12(17)9-6-21-13(14-9)20-2/h6,10-11H,3-5,7-8H2,1-2H3. The number of piperazine rings is 1. The molecule has 0 aromatic carbocycles. The normalized spacial score (nSPS) is 27.8. The Morgan fingerprint density at radius 1 is 1.41 bits per heavy atom. The van der Waals surface area contributed by atoms with E-state index >= 15 is 0 Å². The van der Waals surface area contributed by atoms with Gasteiger partial charge in [-0.1, -0.05) is 18.7 Å². The highest BCUT2D eigenvalue weighted by Crippen LogP contribution is 2.29. The van der Waals surface area contributed by atoms with Crippen molar-refractivity contribution in [3.8, 4) is 0 Å². The summed E-state index contributed by atoms with van der Waals surface area (Å²) in [6.45, 7) is 4.13. The Bertz CT molecular complexity index is 673. The summed E-state index contributed by atoms with van der Waals surface area (Å²) in [4.78, 5) is 20.9. The minimum atomic E-state index is -3.08. The summed E-state index contributed by atoms with van der Waals surface area (Å²) in [7, 11) is -3.08. The smallest absolute Gasteiger partial charge is 0.273 e. The first-order valence-corrected chi connectivity index (χ1v) is 11.1. The molecule has 1 aromatic rings. The lowest BCUT2D eigenvalue weighted by molar-refractivity contribution is 0.0345. The Labute approximate surface area is 138 Å². The highest BCUT2D eigenvalue weighted by atomic mass is 32.2. The van der Waals surface area contributed by atoms with Crippen LogP contribution in [0.1, 0.15) is 17.4 Å². The van der Waals surface area contributed by atoms with E-state index in [1.807, 2.05) is 13.2 Å². The van der Waals surface area contributed by atoms with Gasteiger partial charge in [0.2, 0.25) is 0 Å². The molecule has 9 heteroatoms. The quantitative estimate of drug-likeness (QED) is 0.742. The topological polar surface area (TPSA) is 70.6 Å². The summed E-state index contributed by atoms with van der Waals surface area (Å²) in [6.07, 6.45) is 1.92. The Balaban J connectivity index is 1.86. The Kier molecular flexibility index (Phi) is 4.50. The molecule has 122 valence electrons. The number of carbonyl (C=O) groups is 1. The molecule has 2 atom stereocenters. The van der Waals surface area contributed by atoms with Gasteiger partial charge in [0.1, 0.15) is 10.0 Å². The molecule has 2 saturated heterocycles. The predicted octanol–water partition coefficient (Wildman–Crippen LogP) is 0.808. The molecule has 0 N–H and O–H groups in total. The van der Waals surface area contributed by atoms with Crippen molar-refractivity contribution in [2.24, 2.45) is 0 Å². The van der Waals surface area contributed by atoms with Crippen LogP contribution in [0, 0.1) is 0 Å². The van der Waals surface area contributed by atoms with Gasteiger partial charge in [-0.3, -0.25) is 9.69 Å². The molecular formula is C13H19N3O3S3. The number of nitrogens with zero attached hydrogens (tertiary/aromatic N) is 3. The van der Waals surface area contributed by atoms with Gasteiger partial charge in [-0.15, -0.1) is 11.3 Å². The number of fused-ring (bicyclic) bond motifs is 1. The first-order chi connectivity index (χ1) is 10.4. The molecular weight excluding hydrogens is 342 g/mol. The fraction of sp³-hybridized carbons (Fsp3) is 0.692. The first kappa shape index (κ1) is 16.2. The molecule has 2 unspecified atom stereocenters. The third-order valence-corrected chi connectivity index (χ3v) is 7.90. The molecule has 6 nitrogen and oxygen atoms in total. The number of carbonyl (C=O) groups excluding carboxylic acids is 1. The number of aromatic nitrogens is 1. The number of sulfone groups is 1. The van der Waals surface area contributed by atoms with E-state index in [0.29, 0.717) is 12.2 Å². The van der Waals surface area contributed by atoms with Crippen molar-refractivity contribution < 1.29 is 13.2 Å². The van der Waals surface area contributed by atoms with Gasteiger partial charge in [0.05, 0.1) is 17.5 Å². The highest BCUT2D eigenvalue weighted by molar-refractivity contribution is 8.00. The van der Waals surface area contributed by atoms with E-state index in [4.69, 9.17) is 0 Å². The lowest BCUT2D eigenvalue weighted by Gasteiger charge is -2.43. The Morgan fingerprint density at radius 3 is 2.77 bits per heavy atom. The molecule has 2 aliphatic rings. The summed E-state index contributed by atoms with van der Waals surface area (Å²) in [5.74, 6) is 0.0846. The molecule has 2 fully saturated rings. The van der Waals surface area contributed by atoms with Crippen LogP contribution in [0.25, 0.3) is 0 Å². The molecule has 0 spiro atoms. The van der Waals surface area contributed by atoms with E-state index in [-0.39, 0.29) is 29.5 Å². The van der Waals surface area contributed by atoms with Gasteiger partial charge in [-0.25, -0.2) is 13.4 Å². The van der Waals surface area contributed by atoms with E-state index in [1.165, 1.54) is 23.1 Å². The lowest BCUT2D eigenvalue weighted by atomic mass is 10.0. The van der Waals surface area contributed by atoms with Gasteiger partial charge in [0.25, 0.3) is 5.91 Å².